The van der Waals surface area contributed by atoms with E-state index in [-0.39, 0.29) is 0 Å². The number of primary amides is 1. The fraction of sp³-hybridized carbons (Fsp3) is 0.240. The van der Waals surface area contributed by atoms with E-state index in [9.17, 15) is 4.79 Å². The SMILES string of the molecule is CNCCCC(N=C(N=CN)c1c(-c2ccccc2)[nH]c(-c2ccccc2)c1NC)C(N)=O. The Morgan fingerprint density at radius 3 is 2.15 bits per heavy atom. The summed E-state index contributed by atoms with van der Waals surface area (Å²) < 4.78 is 0. The number of hydrogen-bond donors (Lipinski definition) is 5. The van der Waals surface area contributed by atoms with Crippen LogP contribution in [0.5, 0.6) is 0 Å². The number of anilines is 1. The lowest BCUT2D eigenvalue weighted by molar-refractivity contribution is -0.119. The minimum absolute atomic E-state index is 0.340. The molecule has 172 valence electrons. The number of nitrogens with one attached hydrogen (secondary N) is 3. The van der Waals surface area contributed by atoms with E-state index in [0.717, 1.165) is 46.7 Å². The fourth-order valence-corrected chi connectivity index (χ4v) is 3.74. The Kier molecular flexibility index (Phi) is 8.37. The molecule has 2 aromatic carbocycles. The first kappa shape index (κ1) is 23.7. The van der Waals surface area contributed by atoms with Crippen molar-refractivity contribution in [2.24, 2.45) is 21.5 Å². The van der Waals surface area contributed by atoms with Crippen LogP contribution < -0.4 is 22.1 Å². The van der Waals surface area contributed by atoms with Gasteiger partial charge in [-0.25, -0.2) is 4.99 Å². The zero-order chi connectivity index (χ0) is 23.6. The number of aromatic amines is 1. The fourth-order valence-electron chi connectivity index (χ4n) is 3.74. The van der Waals surface area contributed by atoms with Crippen molar-refractivity contribution in [2.45, 2.75) is 18.9 Å². The number of carbonyl (C=O) groups is 1. The zero-order valence-electron chi connectivity index (χ0n) is 19.0. The molecular formula is C25H31N7O. The third kappa shape index (κ3) is 5.67. The molecule has 7 N–H and O–H groups in total. The van der Waals surface area contributed by atoms with Crippen molar-refractivity contribution in [1.82, 2.24) is 10.3 Å². The molecule has 1 heterocycles. The molecule has 0 aliphatic carbocycles. The Labute approximate surface area is 194 Å². The molecule has 0 saturated carbocycles. The lowest BCUT2D eigenvalue weighted by atomic mass is 10.0. The van der Waals surface area contributed by atoms with Crippen LogP contribution in [0.2, 0.25) is 0 Å². The van der Waals surface area contributed by atoms with Crippen LogP contribution in [0, 0.1) is 0 Å². The van der Waals surface area contributed by atoms with Gasteiger partial charge in [0.15, 0.2) is 5.84 Å². The standard InChI is InChI=1S/C25H31N7O/c1-28-15-9-14-19(24(27)33)31-25(30-16-26)20-21(17-10-5-3-6-11-17)32-22(23(20)29-2)18-12-7-4-8-13-18/h3-8,10-13,16,19,28-29,32H,9,14-15H2,1-2H3,(H2,27,33)(H2,26,30,31). The largest absolute Gasteiger partial charge is 0.390 e. The maximum absolute atomic E-state index is 12.2. The van der Waals surface area contributed by atoms with Crippen LogP contribution in [0.25, 0.3) is 22.5 Å². The van der Waals surface area contributed by atoms with Crippen molar-refractivity contribution < 1.29 is 4.79 Å². The average Bonchev–Trinajstić information content (AvgIpc) is 3.23. The molecular weight excluding hydrogens is 414 g/mol. The van der Waals surface area contributed by atoms with Gasteiger partial charge in [-0.05, 0) is 32.0 Å². The van der Waals surface area contributed by atoms with Gasteiger partial charge in [0.1, 0.15) is 6.04 Å². The number of amides is 1. The van der Waals surface area contributed by atoms with Crippen LogP contribution in [-0.2, 0) is 4.79 Å². The number of aliphatic imine (C=N–C) groups is 2. The molecule has 0 fully saturated rings. The summed E-state index contributed by atoms with van der Waals surface area (Å²) >= 11 is 0. The van der Waals surface area contributed by atoms with Crippen LogP contribution in [0.3, 0.4) is 0 Å². The van der Waals surface area contributed by atoms with Gasteiger partial charge in [-0.1, -0.05) is 60.7 Å². The molecule has 1 atom stereocenters. The number of carbonyl (C=O) groups excluding carboxylic acids is 1. The summed E-state index contributed by atoms with van der Waals surface area (Å²) in [5.74, 6) is -0.158. The van der Waals surface area contributed by atoms with Gasteiger partial charge in [0.2, 0.25) is 5.91 Å². The zero-order valence-corrected chi connectivity index (χ0v) is 19.0. The molecule has 0 saturated heterocycles. The molecule has 1 unspecified atom stereocenters. The van der Waals surface area contributed by atoms with E-state index in [0.29, 0.717) is 12.3 Å². The van der Waals surface area contributed by atoms with Crippen LogP contribution in [0.1, 0.15) is 18.4 Å². The maximum atomic E-state index is 12.2. The minimum atomic E-state index is -0.722. The van der Waals surface area contributed by atoms with Gasteiger partial charge in [-0.15, -0.1) is 0 Å². The Bertz CT molecular complexity index is 1100. The van der Waals surface area contributed by atoms with Gasteiger partial charge in [0.25, 0.3) is 0 Å². The van der Waals surface area contributed by atoms with Crippen molar-refractivity contribution in [1.29, 1.82) is 0 Å². The first-order valence-electron chi connectivity index (χ1n) is 10.9. The highest BCUT2D eigenvalue weighted by molar-refractivity contribution is 6.14. The highest BCUT2D eigenvalue weighted by Gasteiger charge is 2.25. The molecule has 3 rings (SSSR count). The second-order valence-electron chi connectivity index (χ2n) is 7.50. The number of nitrogens with two attached hydrogens (primary N) is 2. The molecule has 0 aliphatic heterocycles. The van der Waals surface area contributed by atoms with Crippen LogP contribution in [-0.4, -0.2) is 49.7 Å². The third-order valence-electron chi connectivity index (χ3n) is 5.31. The predicted molar refractivity (Wildman–Crippen MR) is 137 cm³/mol. The molecule has 1 aromatic heterocycles. The number of benzene rings is 2. The smallest absolute Gasteiger partial charge is 0.242 e. The summed E-state index contributed by atoms with van der Waals surface area (Å²) in [6.45, 7) is 0.758. The van der Waals surface area contributed by atoms with Crippen LogP contribution in [0.15, 0.2) is 70.6 Å². The first-order chi connectivity index (χ1) is 16.1. The van der Waals surface area contributed by atoms with E-state index in [1.54, 1.807) is 0 Å². The van der Waals surface area contributed by atoms with Crippen molar-refractivity contribution in [3.8, 4) is 22.5 Å². The predicted octanol–water partition coefficient (Wildman–Crippen LogP) is 2.98. The van der Waals surface area contributed by atoms with Gasteiger partial charge >= 0.3 is 0 Å². The van der Waals surface area contributed by atoms with Gasteiger partial charge in [-0.2, -0.15) is 0 Å². The highest BCUT2D eigenvalue weighted by atomic mass is 16.1. The van der Waals surface area contributed by atoms with E-state index >= 15 is 0 Å². The van der Waals surface area contributed by atoms with Crippen molar-refractivity contribution in [3.05, 3.63) is 66.2 Å². The molecule has 8 heteroatoms. The number of amidine groups is 1. The lowest BCUT2D eigenvalue weighted by Gasteiger charge is -2.13. The highest BCUT2D eigenvalue weighted by Crippen LogP contribution is 2.38. The first-order valence-corrected chi connectivity index (χ1v) is 10.9. The van der Waals surface area contributed by atoms with Crippen molar-refractivity contribution in [3.63, 3.8) is 0 Å². The Morgan fingerprint density at radius 2 is 1.64 bits per heavy atom. The molecule has 8 nitrogen and oxygen atoms in total. The molecule has 0 spiro atoms. The van der Waals surface area contributed by atoms with Crippen LogP contribution in [0.4, 0.5) is 5.69 Å². The van der Waals surface area contributed by atoms with Gasteiger partial charge in [0.05, 0.1) is 29.0 Å². The molecule has 0 radical (unpaired) electrons. The quantitative estimate of drug-likeness (QED) is 0.186. The topological polar surface area (TPSA) is 134 Å². The summed E-state index contributed by atoms with van der Waals surface area (Å²) in [6, 6.07) is 19.2. The van der Waals surface area contributed by atoms with Gasteiger partial charge < -0.3 is 27.1 Å². The Morgan fingerprint density at radius 1 is 1.03 bits per heavy atom. The van der Waals surface area contributed by atoms with E-state index in [1.165, 1.54) is 6.34 Å². The summed E-state index contributed by atoms with van der Waals surface area (Å²) in [7, 11) is 3.71. The van der Waals surface area contributed by atoms with E-state index in [2.05, 4.69) is 25.6 Å². The number of nitrogens with zero attached hydrogens (tertiary/aromatic N) is 2. The van der Waals surface area contributed by atoms with Gasteiger partial charge in [-0.3, -0.25) is 9.79 Å². The monoisotopic (exact) mass is 445 g/mol. The Balaban J connectivity index is 2.24. The number of H-pyrrole nitrogens is 1. The van der Waals surface area contributed by atoms with E-state index in [1.807, 2.05) is 74.8 Å². The minimum Gasteiger partial charge on any atom is -0.390 e. The average molecular weight is 446 g/mol. The third-order valence-corrected chi connectivity index (χ3v) is 5.31. The molecule has 1 amide bonds. The normalized spacial score (nSPS) is 12.7. The van der Waals surface area contributed by atoms with Crippen molar-refractivity contribution in [2.75, 3.05) is 26.0 Å². The molecule has 0 bridgehead atoms. The molecule has 33 heavy (non-hydrogen) atoms. The van der Waals surface area contributed by atoms with E-state index < -0.39 is 11.9 Å². The number of rotatable bonds is 10. The van der Waals surface area contributed by atoms with Crippen LogP contribution >= 0.6 is 0 Å². The number of aromatic nitrogens is 1. The summed E-state index contributed by atoms with van der Waals surface area (Å²) in [5.41, 5.74) is 16.6. The summed E-state index contributed by atoms with van der Waals surface area (Å²) in [4.78, 5) is 24.8. The Hall–Kier alpha value is -3.91. The summed E-state index contributed by atoms with van der Waals surface area (Å²) in [5, 5.41) is 6.37. The van der Waals surface area contributed by atoms with Gasteiger partial charge in [0, 0.05) is 12.6 Å². The summed E-state index contributed by atoms with van der Waals surface area (Å²) in [6.07, 6.45) is 2.44. The second-order valence-corrected chi connectivity index (χ2v) is 7.50. The lowest BCUT2D eigenvalue weighted by Crippen LogP contribution is -2.29. The molecule has 3 aromatic rings. The molecule has 0 aliphatic rings. The number of hydrogen-bond acceptors (Lipinski definition) is 4. The second kappa shape index (κ2) is 11.6. The van der Waals surface area contributed by atoms with Crippen molar-refractivity contribution >= 4 is 23.8 Å². The maximum Gasteiger partial charge on any atom is 0.242 e. The van der Waals surface area contributed by atoms with E-state index in [4.69, 9.17) is 11.5 Å².